The number of nitrogens with zero attached hydrogens (tertiary/aromatic N) is 3. The molecular formula is C19H22N6O. The molecule has 0 spiro atoms. The summed E-state index contributed by atoms with van der Waals surface area (Å²) in [7, 11) is 1.76. The Bertz CT molecular complexity index is 892. The van der Waals surface area contributed by atoms with E-state index in [-0.39, 0.29) is 6.61 Å². The van der Waals surface area contributed by atoms with E-state index in [0.29, 0.717) is 17.8 Å². The van der Waals surface area contributed by atoms with E-state index < -0.39 is 0 Å². The Morgan fingerprint density at radius 1 is 0.808 bits per heavy atom. The van der Waals surface area contributed by atoms with E-state index in [1.54, 1.807) is 7.05 Å². The standard InChI is InChI=1S/C19H22N6O/c1-12-7-13(2)9-16(8-12)22-19-24-17(20-3)23-18(25-19)21-15-6-4-5-14(10-15)11-26/h4-10,26H,11H2,1-3H3,(H3,20,21,22,23,24,25). The molecule has 0 saturated carbocycles. The predicted molar refractivity (Wildman–Crippen MR) is 104 cm³/mol. The smallest absolute Gasteiger partial charge is 0.233 e. The number of aliphatic hydroxyl groups is 1. The Balaban J connectivity index is 1.88. The van der Waals surface area contributed by atoms with Gasteiger partial charge >= 0.3 is 0 Å². The monoisotopic (exact) mass is 350 g/mol. The fourth-order valence-electron chi connectivity index (χ4n) is 2.65. The summed E-state index contributed by atoms with van der Waals surface area (Å²) in [5.41, 5.74) is 4.85. The van der Waals surface area contributed by atoms with Gasteiger partial charge in [-0.3, -0.25) is 0 Å². The number of nitrogens with one attached hydrogen (secondary N) is 3. The van der Waals surface area contributed by atoms with E-state index in [4.69, 9.17) is 0 Å². The summed E-state index contributed by atoms with van der Waals surface area (Å²) in [5, 5.41) is 18.6. The van der Waals surface area contributed by atoms with Crippen LogP contribution in [0.15, 0.2) is 42.5 Å². The maximum atomic E-state index is 9.27. The van der Waals surface area contributed by atoms with E-state index in [1.807, 2.05) is 50.2 Å². The minimum atomic E-state index is -0.0198. The zero-order valence-corrected chi connectivity index (χ0v) is 15.0. The molecule has 0 fully saturated rings. The molecule has 7 heteroatoms. The number of aryl methyl sites for hydroxylation is 2. The van der Waals surface area contributed by atoms with Crippen molar-refractivity contribution in [2.75, 3.05) is 23.0 Å². The van der Waals surface area contributed by atoms with Gasteiger partial charge in [-0.15, -0.1) is 0 Å². The Morgan fingerprint density at radius 2 is 1.42 bits per heavy atom. The molecule has 7 nitrogen and oxygen atoms in total. The largest absolute Gasteiger partial charge is 0.392 e. The minimum absolute atomic E-state index is 0.0198. The van der Waals surface area contributed by atoms with Crippen molar-refractivity contribution in [2.45, 2.75) is 20.5 Å². The third-order valence-electron chi connectivity index (χ3n) is 3.70. The van der Waals surface area contributed by atoms with E-state index in [1.165, 1.54) is 0 Å². The van der Waals surface area contributed by atoms with Gasteiger partial charge in [-0.25, -0.2) is 0 Å². The van der Waals surface area contributed by atoms with Gasteiger partial charge in [0.2, 0.25) is 17.8 Å². The maximum Gasteiger partial charge on any atom is 0.233 e. The topological polar surface area (TPSA) is 95.0 Å². The van der Waals surface area contributed by atoms with Gasteiger partial charge in [-0.2, -0.15) is 15.0 Å². The second-order valence-electron chi connectivity index (χ2n) is 6.04. The zero-order chi connectivity index (χ0) is 18.5. The molecular weight excluding hydrogens is 328 g/mol. The molecule has 3 aromatic rings. The molecule has 1 aromatic heterocycles. The molecule has 2 aromatic carbocycles. The molecule has 4 N–H and O–H groups in total. The number of hydrogen-bond acceptors (Lipinski definition) is 7. The van der Waals surface area contributed by atoms with Gasteiger partial charge in [0, 0.05) is 18.4 Å². The van der Waals surface area contributed by atoms with Crippen LogP contribution in [0.5, 0.6) is 0 Å². The molecule has 0 unspecified atom stereocenters. The Kier molecular flexibility index (Phi) is 5.28. The third-order valence-corrected chi connectivity index (χ3v) is 3.70. The molecule has 0 amide bonds. The number of rotatable bonds is 6. The van der Waals surface area contributed by atoms with E-state index in [0.717, 1.165) is 28.1 Å². The maximum absolute atomic E-state index is 9.27. The van der Waals surface area contributed by atoms with Crippen molar-refractivity contribution in [3.8, 4) is 0 Å². The Morgan fingerprint density at radius 3 is 2.04 bits per heavy atom. The lowest BCUT2D eigenvalue weighted by atomic mass is 10.1. The van der Waals surface area contributed by atoms with Crippen LogP contribution in [0.1, 0.15) is 16.7 Å². The summed E-state index contributed by atoms with van der Waals surface area (Å²) in [6.07, 6.45) is 0. The van der Waals surface area contributed by atoms with Crippen molar-refractivity contribution >= 4 is 29.2 Å². The molecule has 0 aliphatic heterocycles. The number of hydrogen-bond donors (Lipinski definition) is 4. The van der Waals surface area contributed by atoms with Crippen LogP contribution >= 0.6 is 0 Å². The Labute approximate surface area is 152 Å². The van der Waals surface area contributed by atoms with Crippen molar-refractivity contribution < 1.29 is 5.11 Å². The predicted octanol–water partition coefficient (Wildman–Crippen LogP) is 3.51. The van der Waals surface area contributed by atoms with Crippen LogP contribution in [0.25, 0.3) is 0 Å². The first-order chi connectivity index (χ1) is 12.6. The second kappa shape index (κ2) is 7.79. The number of aliphatic hydroxyl groups excluding tert-OH is 1. The first kappa shape index (κ1) is 17.6. The molecule has 0 aliphatic rings. The van der Waals surface area contributed by atoms with Gasteiger partial charge in [0.15, 0.2) is 0 Å². The lowest BCUT2D eigenvalue weighted by Crippen LogP contribution is -2.07. The summed E-state index contributed by atoms with van der Waals surface area (Å²) in [5.74, 6) is 1.30. The molecule has 0 aliphatic carbocycles. The first-order valence-electron chi connectivity index (χ1n) is 8.31. The zero-order valence-electron chi connectivity index (χ0n) is 15.0. The number of aromatic nitrogens is 3. The van der Waals surface area contributed by atoms with Crippen molar-refractivity contribution in [3.63, 3.8) is 0 Å². The van der Waals surface area contributed by atoms with Crippen LogP contribution in [-0.4, -0.2) is 27.1 Å². The van der Waals surface area contributed by atoms with Crippen molar-refractivity contribution in [1.82, 2.24) is 15.0 Å². The Hall–Kier alpha value is -3.19. The van der Waals surface area contributed by atoms with Gasteiger partial charge in [0.05, 0.1) is 6.61 Å². The van der Waals surface area contributed by atoms with Gasteiger partial charge in [0.1, 0.15) is 0 Å². The highest BCUT2D eigenvalue weighted by molar-refractivity contribution is 5.60. The van der Waals surface area contributed by atoms with Gasteiger partial charge < -0.3 is 21.1 Å². The highest BCUT2D eigenvalue weighted by Crippen LogP contribution is 2.21. The first-order valence-corrected chi connectivity index (χ1v) is 8.31. The van der Waals surface area contributed by atoms with Crippen LogP contribution in [0.4, 0.5) is 29.2 Å². The van der Waals surface area contributed by atoms with Gasteiger partial charge in [-0.1, -0.05) is 18.2 Å². The van der Waals surface area contributed by atoms with Gasteiger partial charge in [0.25, 0.3) is 0 Å². The summed E-state index contributed by atoms with van der Waals surface area (Å²) in [4.78, 5) is 13.1. The fourth-order valence-corrected chi connectivity index (χ4v) is 2.65. The highest BCUT2D eigenvalue weighted by Gasteiger charge is 2.07. The van der Waals surface area contributed by atoms with Crippen LogP contribution in [-0.2, 0) is 6.61 Å². The molecule has 134 valence electrons. The summed E-state index contributed by atoms with van der Waals surface area (Å²) >= 11 is 0. The molecule has 26 heavy (non-hydrogen) atoms. The van der Waals surface area contributed by atoms with Crippen LogP contribution in [0.3, 0.4) is 0 Å². The third kappa shape index (κ3) is 4.46. The average Bonchev–Trinajstić information content (AvgIpc) is 2.60. The van der Waals surface area contributed by atoms with E-state index in [9.17, 15) is 5.11 Å². The van der Waals surface area contributed by atoms with Crippen molar-refractivity contribution in [1.29, 1.82) is 0 Å². The van der Waals surface area contributed by atoms with Gasteiger partial charge in [-0.05, 0) is 54.8 Å². The molecule has 3 rings (SSSR count). The minimum Gasteiger partial charge on any atom is -0.392 e. The van der Waals surface area contributed by atoms with Crippen LogP contribution in [0.2, 0.25) is 0 Å². The van der Waals surface area contributed by atoms with E-state index >= 15 is 0 Å². The number of anilines is 5. The summed E-state index contributed by atoms with van der Waals surface area (Å²) in [6.45, 7) is 4.07. The SMILES string of the molecule is CNc1nc(Nc2cc(C)cc(C)c2)nc(Nc2cccc(CO)c2)n1. The average molecular weight is 350 g/mol. The van der Waals surface area contributed by atoms with Crippen LogP contribution < -0.4 is 16.0 Å². The van der Waals surface area contributed by atoms with Crippen molar-refractivity contribution in [2.24, 2.45) is 0 Å². The lowest BCUT2D eigenvalue weighted by molar-refractivity contribution is 0.282. The fraction of sp³-hybridized carbons (Fsp3) is 0.211. The molecule has 0 bridgehead atoms. The summed E-state index contributed by atoms with van der Waals surface area (Å²) < 4.78 is 0. The molecule has 1 heterocycles. The van der Waals surface area contributed by atoms with Crippen molar-refractivity contribution in [3.05, 3.63) is 59.2 Å². The highest BCUT2D eigenvalue weighted by atomic mass is 16.3. The molecule has 0 saturated heterocycles. The van der Waals surface area contributed by atoms with Crippen LogP contribution in [0, 0.1) is 13.8 Å². The molecule has 0 radical (unpaired) electrons. The lowest BCUT2D eigenvalue weighted by Gasteiger charge is -2.11. The number of benzene rings is 2. The normalized spacial score (nSPS) is 10.5. The summed E-state index contributed by atoms with van der Waals surface area (Å²) in [6, 6.07) is 13.6. The molecule has 0 atom stereocenters. The van der Waals surface area contributed by atoms with E-state index in [2.05, 4.69) is 37.0 Å². The second-order valence-corrected chi connectivity index (χ2v) is 6.04. The quantitative estimate of drug-likeness (QED) is 0.540.